The van der Waals surface area contributed by atoms with Crippen molar-refractivity contribution in [3.8, 4) is 0 Å². The van der Waals surface area contributed by atoms with Crippen LogP contribution in [-0.4, -0.2) is 30.1 Å². The van der Waals surface area contributed by atoms with Crippen LogP contribution in [0, 0.1) is 11.6 Å². The van der Waals surface area contributed by atoms with Crippen molar-refractivity contribution in [1.29, 1.82) is 0 Å². The molecule has 0 aliphatic carbocycles. The zero-order valence-electron chi connectivity index (χ0n) is 13.8. The van der Waals surface area contributed by atoms with E-state index in [-0.39, 0.29) is 17.8 Å². The lowest BCUT2D eigenvalue weighted by Gasteiger charge is -2.23. The number of amides is 1. The molecule has 4 nitrogen and oxygen atoms in total. The summed E-state index contributed by atoms with van der Waals surface area (Å²) >= 11 is 1.25. The lowest BCUT2D eigenvalue weighted by Crippen LogP contribution is -2.37. The average molecular weight is 374 g/mol. The molecule has 0 saturated carbocycles. The van der Waals surface area contributed by atoms with E-state index in [1.165, 1.54) is 47.7 Å². The second kappa shape index (κ2) is 7.09. The molecule has 1 saturated heterocycles. The molecule has 1 aliphatic rings. The fourth-order valence-electron chi connectivity index (χ4n) is 2.99. The minimum Gasteiger partial charge on any atom is -0.376 e. The smallest absolute Gasteiger partial charge is 0.260 e. The van der Waals surface area contributed by atoms with Crippen molar-refractivity contribution in [3.05, 3.63) is 59.7 Å². The normalized spacial score (nSPS) is 16.9. The summed E-state index contributed by atoms with van der Waals surface area (Å²) in [6.45, 7) is 1.03. The first-order chi connectivity index (χ1) is 12.6. The van der Waals surface area contributed by atoms with Crippen LogP contribution in [0.15, 0.2) is 42.5 Å². The molecule has 1 unspecified atom stereocenters. The Hall–Kier alpha value is -2.38. The third-order valence-electron chi connectivity index (χ3n) is 4.32. The molecule has 3 aromatic rings. The molecule has 0 bridgehead atoms. The second-order valence-electron chi connectivity index (χ2n) is 6.17. The van der Waals surface area contributed by atoms with Crippen LogP contribution in [0.25, 0.3) is 10.2 Å². The van der Waals surface area contributed by atoms with E-state index < -0.39 is 5.82 Å². The number of halogens is 2. The van der Waals surface area contributed by atoms with E-state index in [4.69, 9.17) is 4.74 Å². The van der Waals surface area contributed by atoms with Crippen molar-refractivity contribution in [2.45, 2.75) is 18.9 Å². The topological polar surface area (TPSA) is 42.4 Å². The molecule has 1 fully saturated rings. The first-order valence-corrected chi connectivity index (χ1v) is 9.17. The van der Waals surface area contributed by atoms with Gasteiger partial charge in [0.1, 0.15) is 11.6 Å². The van der Waals surface area contributed by atoms with Crippen LogP contribution in [0.5, 0.6) is 0 Å². The predicted molar refractivity (Wildman–Crippen MR) is 96.6 cm³/mol. The molecule has 0 N–H and O–H groups in total. The Morgan fingerprint density at radius 2 is 1.96 bits per heavy atom. The van der Waals surface area contributed by atoms with Crippen LogP contribution in [0.2, 0.25) is 0 Å². The Kier molecular flexibility index (Phi) is 4.65. The van der Waals surface area contributed by atoms with E-state index >= 15 is 0 Å². The van der Waals surface area contributed by atoms with Crippen LogP contribution in [0.3, 0.4) is 0 Å². The van der Waals surface area contributed by atoms with Gasteiger partial charge in [-0.05, 0) is 55.3 Å². The van der Waals surface area contributed by atoms with Crippen LogP contribution in [0.1, 0.15) is 23.2 Å². The number of benzene rings is 2. The maximum absolute atomic E-state index is 13.5. The number of ether oxygens (including phenoxy) is 1. The summed E-state index contributed by atoms with van der Waals surface area (Å²) < 4.78 is 33.0. The van der Waals surface area contributed by atoms with Gasteiger partial charge in [-0.3, -0.25) is 9.69 Å². The van der Waals surface area contributed by atoms with E-state index in [1.54, 1.807) is 11.0 Å². The molecule has 1 amide bonds. The van der Waals surface area contributed by atoms with Crippen molar-refractivity contribution in [2.24, 2.45) is 0 Å². The summed E-state index contributed by atoms with van der Waals surface area (Å²) in [5, 5.41) is 0.482. The zero-order valence-corrected chi connectivity index (χ0v) is 14.6. The summed E-state index contributed by atoms with van der Waals surface area (Å²) in [5.74, 6) is -1.02. The van der Waals surface area contributed by atoms with Gasteiger partial charge in [-0.1, -0.05) is 11.3 Å². The maximum atomic E-state index is 13.5. The number of aromatic nitrogens is 1. The summed E-state index contributed by atoms with van der Waals surface area (Å²) in [7, 11) is 0. The van der Waals surface area contributed by atoms with Gasteiger partial charge in [0.15, 0.2) is 5.13 Å². The Bertz CT molecular complexity index is 936. The molecular weight excluding hydrogens is 358 g/mol. The van der Waals surface area contributed by atoms with Gasteiger partial charge in [-0.2, -0.15) is 0 Å². The number of fused-ring (bicyclic) bond motifs is 1. The summed E-state index contributed by atoms with van der Waals surface area (Å²) in [5.41, 5.74) is 1.01. The average Bonchev–Trinajstić information content (AvgIpc) is 3.28. The number of hydrogen-bond donors (Lipinski definition) is 0. The first kappa shape index (κ1) is 17.1. The van der Waals surface area contributed by atoms with Gasteiger partial charge in [-0.15, -0.1) is 0 Å². The molecule has 7 heteroatoms. The van der Waals surface area contributed by atoms with E-state index in [9.17, 15) is 13.6 Å². The summed E-state index contributed by atoms with van der Waals surface area (Å²) in [6.07, 6.45) is 1.75. The number of carbonyl (C=O) groups is 1. The highest BCUT2D eigenvalue weighted by atomic mass is 32.1. The lowest BCUT2D eigenvalue weighted by molar-refractivity contribution is 0.0917. The zero-order chi connectivity index (χ0) is 18.1. The predicted octanol–water partition coefficient (Wildman–Crippen LogP) is 4.40. The van der Waals surface area contributed by atoms with Gasteiger partial charge in [-0.25, -0.2) is 13.8 Å². The van der Waals surface area contributed by atoms with Gasteiger partial charge in [0.2, 0.25) is 0 Å². The SMILES string of the molecule is O=C(c1ccc(F)cc1)N(CC1CCCO1)c1nc2ccc(F)cc2s1. The lowest BCUT2D eigenvalue weighted by atomic mass is 10.1. The standard InChI is InChI=1S/C19H16F2N2O2S/c20-13-5-3-12(4-6-13)18(24)23(11-15-2-1-9-25-15)19-22-16-8-7-14(21)10-17(16)26-19/h3-8,10,15H,1-2,9,11H2. The Balaban J connectivity index is 1.70. The molecule has 2 aromatic carbocycles. The number of nitrogens with zero attached hydrogens (tertiary/aromatic N) is 2. The number of thiazole rings is 1. The maximum Gasteiger partial charge on any atom is 0.260 e. The fraction of sp³-hybridized carbons (Fsp3) is 0.263. The monoisotopic (exact) mass is 374 g/mol. The molecule has 4 rings (SSSR count). The van der Waals surface area contributed by atoms with Crippen molar-refractivity contribution in [2.75, 3.05) is 18.1 Å². The molecule has 1 aromatic heterocycles. The van der Waals surface area contributed by atoms with Gasteiger partial charge in [0.05, 0.1) is 22.9 Å². The molecule has 134 valence electrons. The molecule has 1 atom stereocenters. The fourth-order valence-corrected chi connectivity index (χ4v) is 3.99. The van der Waals surface area contributed by atoms with Crippen LogP contribution < -0.4 is 4.90 Å². The van der Waals surface area contributed by atoms with Crippen molar-refractivity contribution < 1.29 is 18.3 Å². The summed E-state index contributed by atoms with van der Waals surface area (Å²) in [6, 6.07) is 9.76. The van der Waals surface area contributed by atoms with Crippen molar-refractivity contribution in [1.82, 2.24) is 4.98 Å². The molecule has 0 spiro atoms. The van der Waals surface area contributed by atoms with Gasteiger partial charge in [0.25, 0.3) is 5.91 Å². The highest BCUT2D eigenvalue weighted by molar-refractivity contribution is 7.22. The number of carbonyl (C=O) groups excluding carboxylic acids is 1. The van der Waals surface area contributed by atoms with Gasteiger partial charge < -0.3 is 4.74 Å². The highest BCUT2D eigenvalue weighted by Gasteiger charge is 2.27. The first-order valence-electron chi connectivity index (χ1n) is 8.35. The molecule has 26 heavy (non-hydrogen) atoms. The third-order valence-corrected chi connectivity index (χ3v) is 5.36. The Morgan fingerprint density at radius 1 is 1.19 bits per heavy atom. The minimum atomic E-state index is -0.400. The molecule has 2 heterocycles. The quantitative estimate of drug-likeness (QED) is 0.680. The third kappa shape index (κ3) is 3.45. The second-order valence-corrected chi connectivity index (χ2v) is 7.18. The Labute approximate surface area is 153 Å². The Morgan fingerprint density at radius 3 is 2.69 bits per heavy atom. The van der Waals surface area contributed by atoms with E-state index in [1.807, 2.05) is 0 Å². The highest BCUT2D eigenvalue weighted by Crippen LogP contribution is 2.31. The molecule has 0 radical (unpaired) electrons. The van der Waals surface area contributed by atoms with E-state index in [0.29, 0.717) is 34.1 Å². The van der Waals surface area contributed by atoms with E-state index in [0.717, 1.165) is 12.8 Å². The van der Waals surface area contributed by atoms with Crippen LogP contribution in [-0.2, 0) is 4.74 Å². The van der Waals surface area contributed by atoms with Crippen LogP contribution >= 0.6 is 11.3 Å². The molecular formula is C19H16F2N2O2S. The van der Waals surface area contributed by atoms with E-state index in [2.05, 4.69) is 4.98 Å². The number of hydrogen-bond acceptors (Lipinski definition) is 4. The van der Waals surface area contributed by atoms with Gasteiger partial charge >= 0.3 is 0 Å². The van der Waals surface area contributed by atoms with Crippen molar-refractivity contribution >= 4 is 32.6 Å². The number of anilines is 1. The van der Waals surface area contributed by atoms with Crippen molar-refractivity contribution in [3.63, 3.8) is 0 Å². The number of rotatable bonds is 4. The minimum absolute atomic E-state index is 0.0665. The molecule has 1 aliphatic heterocycles. The summed E-state index contributed by atoms with van der Waals surface area (Å²) in [4.78, 5) is 19.1. The van der Waals surface area contributed by atoms with Gasteiger partial charge in [0, 0.05) is 12.2 Å². The van der Waals surface area contributed by atoms with Crippen LogP contribution in [0.4, 0.5) is 13.9 Å². The largest absolute Gasteiger partial charge is 0.376 e.